The van der Waals surface area contributed by atoms with Gasteiger partial charge in [-0.15, -0.1) is 11.6 Å². The molecule has 0 radical (unpaired) electrons. The Balaban J connectivity index is 2.84. The number of rotatable bonds is 5. The van der Waals surface area contributed by atoms with Crippen molar-refractivity contribution in [3.05, 3.63) is 28.8 Å². The Labute approximate surface area is 108 Å². The van der Waals surface area contributed by atoms with Crippen LogP contribution >= 0.6 is 23.2 Å². The van der Waals surface area contributed by atoms with Crippen LogP contribution in [0.25, 0.3) is 0 Å². The van der Waals surface area contributed by atoms with Crippen LogP contribution in [-0.4, -0.2) is 13.1 Å². The summed E-state index contributed by atoms with van der Waals surface area (Å²) in [5.74, 6) is 0.466. The maximum absolute atomic E-state index is 6.14. The molecule has 1 aromatic carbocycles. The first kappa shape index (κ1) is 13.7. The van der Waals surface area contributed by atoms with Gasteiger partial charge >= 0.3 is 0 Å². The van der Waals surface area contributed by atoms with E-state index in [1.807, 2.05) is 12.1 Å². The van der Waals surface area contributed by atoms with Crippen molar-refractivity contribution in [1.82, 2.24) is 0 Å². The molecule has 1 rings (SSSR count). The molecule has 0 aromatic heterocycles. The molecule has 0 fully saturated rings. The number of alkyl halides is 1. The van der Waals surface area contributed by atoms with Crippen LogP contribution in [0, 0.1) is 0 Å². The van der Waals surface area contributed by atoms with Crippen LogP contribution in [-0.2, 0) is 5.88 Å². The summed E-state index contributed by atoms with van der Waals surface area (Å²) < 4.78 is 0. The molecule has 0 heterocycles. The van der Waals surface area contributed by atoms with Crippen molar-refractivity contribution in [3.8, 4) is 0 Å². The topological polar surface area (TPSA) is 3.24 Å². The lowest BCUT2D eigenvalue weighted by Gasteiger charge is -2.27. The number of halogens is 2. The van der Waals surface area contributed by atoms with Gasteiger partial charge < -0.3 is 4.90 Å². The zero-order valence-electron chi connectivity index (χ0n) is 10.1. The molecule has 0 saturated heterocycles. The SMILES string of the molecule is CCCC(C)N(C)c1ccc(CCl)c(Cl)c1. The highest BCUT2D eigenvalue weighted by atomic mass is 35.5. The van der Waals surface area contributed by atoms with Gasteiger partial charge in [0.2, 0.25) is 0 Å². The normalized spacial score (nSPS) is 12.6. The second-order valence-corrected chi connectivity index (χ2v) is 4.83. The first-order valence-corrected chi connectivity index (χ1v) is 6.58. The van der Waals surface area contributed by atoms with Gasteiger partial charge in [-0.2, -0.15) is 0 Å². The first-order valence-electron chi connectivity index (χ1n) is 5.67. The maximum Gasteiger partial charge on any atom is 0.0488 e. The molecular formula is C13H19Cl2N. The lowest BCUT2D eigenvalue weighted by molar-refractivity contribution is 0.616. The minimum atomic E-state index is 0.466. The van der Waals surface area contributed by atoms with Gasteiger partial charge in [0, 0.05) is 29.7 Å². The van der Waals surface area contributed by atoms with E-state index >= 15 is 0 Å². The van der Waals surface area contributed by atoms with E-state index in [2.05, 4.69) is 31.9 Å². The zero-order chi connectivity index (χ0) is 12.1. The lowest BCUT2D eigenvalue weighted by Crippen LogP contribution is -2.28. The summed E-state index contributed by atoms with van der Waals surface area (Å²) in [5.41, 5.74) is 2.14. The van der Waals surface area contributed by atoms with Gasteiger partial charge in [-0.1, -0.05) is 31.0 Å². The predicted octanol–water partition coefficient (Wildman–Crippen LogP) is 4.70. The fourth-order valence-corrected chi connectivity index (χ4v) is 2.27. The van der Waals surface area contributed by atoms with Crippen molar-refractivity contribution in [2.45, 2.75) is 38.6 Å². The fraction of sp³-hybridized carbons (Fsp3) is 0.538. The number of benzene rings is 1. The highest BCUT2D eigenvalue weighted by Gasteiger charge is 2.10. The molecule has 1 atom stereocenters. The summed E-state index contributed by atoms with van der Waals surface area (Å²) in [6, 6.07) is 6.60. The molecule has 0 amide bonds. The van der Waals surface area contributed by atoms with Gasteiger partial charge in [0.1, 0.15) is 0 Å². The van der Waals surface area contributed by atoms with Crippen LogP contribution < -0.4 is 4.90 Å². The van der Waals surface area contributed by atoms with Crippen LogP contribution in [0.4, 0.5) is 5.69 Å². The molecule has 0 saturated carbocycles. The molecule has 0 spiro atoms. The number of nitrogens with zero attached hydrogens (tertiary/aromatic N) is 1. The molecule has 1 nitrogen and oxygen atoms in total. The summed E-state index contributed by atoms with van der Waals surface area (Å²) in [6.45, 7) is 4.43. The molecule has 0 aliphatic rings. The van der Waals surface area contributed by atoms with E-state index in [9.17, 15) is 0 Å². The third-order valence-electron chi connectivity index (χ3n) is 2.96. The quantitative estimate of drug-likeness (QED) is 0.693. The average Bonchev–Trinajstić information content (AvgIpc) is 2.28. The van der Waals surface area contributed by atoms with Gasteiger partial charge in [-0.3, -0.25) is 0 Å². The summed E-state index contributed by atoms with van der Waals surface area (Å²) in [6.07, 6.45) is 2.38. The van der Waals surface area contributed by atoms with Crippen molar-refractivity contribution >= 4 is 28.9 Å². The fourth-order valence-electron chi connectivity index (χ4n) is 1.73. The largest absolute Gasteiger partial charge is 0.372 e. The summed E-state index contributed by atoms with van der Waals surface area (Å²) >= 11 is 11.9. The molecule has 90 valence electrons. The molecule has 1 aromatic rings. The summed E-state index contributed by atoms with van der Waals surface area (Å²) in [7, 11) is 2.10. The van der Waals surface area contributed by atoms with Crippen LogP contribution in [0.2, 0.25) is 5.02 Å². The number of anilines is 1. The highest BCUT2D eigenvalue weighted by Crippen LogP contribution is 2.25. The molecule has 0 aliphatic heterocycles. The Kier molecular flexibility index (Phi) is 5.43. The van der Waals surface area contributed by atoms with Crippen LogP contribution in [0.3, 0.4) is 0 Å². The minimum Gasteiger partial charge on any atom is -0.372 e. The first-order chi connectivity index (χ1) is 7.60. The highest BCUT2D eigenvalue weighted by molar-refractivity contribution is 6.32. The lowest BCUT2D eigenvalue weighted by atomic mass is 10.1. The molecule has 0 aliphatic carbocycles. The number of hydrogen-bond acceptors (Lipinski definition) is 1. The second kappa shape index (κ2) is 6.36. The molecule has 3 heteroatoms. The third kappa shape index (κ3) is 3.29. The van der Waals surface area contributed by atoms with Gasteiger partial charge in [0.15, 0.2) is 0 Å². The standard InChI is InChI=1S/C13H19Cl2N/c1-4-5-10(2)16(3)12-7-6-11(9-14)13(15)8-12/h6-8,10H,4-5,9H2,1-3H3. The smallest absolute Gasteiger partial charge is 0.0488 e. The van der Waals surface area contributed by atoms with E-state index in [1.165, 1.54) is 12.8 Å². The molecular weight excluding hydrogens is 241 g/mol. The van der Waals surface area contributed by atoms with Crippen molar-refractivity contribution in [2.24, 2.45) is 0 Å². The minimum absolute atomic E-state index is 0.466. The van der Waals surface area contributed by atoms with Gasteiger partial charge in [0.25, 0.3) is 0 Å². The predicted molar refractivity (Wildman–Crippen MR) is 73.8 cm³/mol. The Morgan fingerprint density at radius 2 is 2.06 bits per heavy atom. The maximum atomic E-state index is 6.14. The summed E-state index contributed by atoms with van der Waals surface area (Å²) in [4.78, 5) is 2.26. The van der Waals surface area contributed by atoms with Crippen molar-refractivity contribution < 1.29 is 0 Å². The van der Waals surface area contributed by atoms with E-state index < -0.39 is 0 Å². The van der Waals surface area contributed by atoms with Gasteiger partial charge in [0.05, 0.1) is 0 Å². The Morgan fingerprint density at radius 3 is 2.56 bits per heavy atom. The van der Waals surface area contributed by atoms with Gasteiger partial charge in [-0.25, -0.2) is 0 Å². The van der Waals surface area contributed by atoms with Gasteiger partial charge in [-0.05, 0) is 31.0 Å². The Morgan fingerprint density at radius 1 is 1.38 bits per heavy atom. The second-order valence-electron chi connectivity index (χ2n) is 4.16. The number of hydrogen-bond donors (Lipinski definition) is 0. The molecule has 1 unspecified atom stereocenters. The van der Waals surface area contributed by atoms with E-state index in [1.54, 1.807) is 0 Å². The van der Waals surface area contributed by atoms with Crippen LogP contribution in [0.5, 0.6) is 0 Å². The molecule has 0 bridgehead atoms. The summed E-state index contributed by atoms with van der Waals surface area (Å²) in [5, 5.41) is 0.753. The van der Waals surface area contributed by atoms with Crippen molar-refractivity contribution in [1.29, 1.82) is 0 Å². The molecule has 16 heavy (non-hydrogen) atoms. The Bertz CT molecular complexity index is 339. The van der Waals surface area contributed by atoms with E-state index in [0.29, 0.717) is 11.9 Å². The zero-order valence-corrected chi connectivity index (χ0v) is 11.6. The van der Waals surface area contributed by atoms with E-state index in [-0.39, 0.29) is 0 Å². The van der Waals surface area contributed by atoms with E-state index in [4.69, 9.17) is 23.2 Å². The third-order valence-corrected chi connectivity index (χ3v) is 3.60. The van der Waals surface area contributed by atoms with E-state index in [0.717, 1.165) is 16.3 Å². The van der Waals surface area contributed by atoms with Crippen LogP contribution in [0.15, 0.2) is 18.2 Å². The van der Waals surface area contributed by atoms with Crippen molar-refractivity contribution in [2.75, 3.05) is 11.9 Å². The van der Waals surface area contributed by atoms with Crippen LogP contribution in [0.1, 0.15) is 32.3 Å². The monoisotopic (exact) mass is 259 g/mol. The molecule has 0 N–H and O–H groups in total. The van der Waals surface area contributed by atoms with Crippen molar-refractivity contribution in [3.63, 3.8) is 0 Å². The Hall–Kier alpha value is -0.400. The average molecular weight is 260 g/mol.